The molecule has 0 radical (unpaired) electrons. The van der Waals surface area contributed by atoms with Crippen molar-refractivity contribution in [1.82, 2.24) is 4.57 Å². The van der Waals surface area contributed by atoms with Gasteiger partial charge in [-0.2, -0.15) is 0 Å². The van der Waals surface area contributed by atoms with Gasteiger partial charge in [0.2, 0.25) is 0 Å². The van der Waals surface area contributed by atoms with E-state index in [0.29, 0.717) is 34.0 Å². The zero-order valence-corrected chi connectivity index (χ0v) is 19.1. The monoisotopic (exact) mass is 493 g/mol. The second-order valence-corrected chi connectivity index (χ2v) is 8.76. The second-order valence-electron chi connectivity index (χ2n) is 7.70. The van der Waals surface area contributed by atoms with Crippen LogP contribution < -0.4 is 15.9 Å². The molecule has 2 aromatic heterocycles. The number of benzene rings is 3. The lowest BCUT2D eigenvalue weighted by molar-refractivity contribution is 0.415. The summed E-state index contributed by atoms with van der Waals surface area (Å²) < 4.78 is 39.8. The molecule has 9 heteroatoms. The molecule has 0 fully saturated rings. The fourth-order valence-electron chi connectivity index (χ4n) is 3.85. The molecule has 0 spiro atoms. The van der Waals surface area contributed by atoms with Gasteiger partial charge in [-0.3, -0.25) is 4.79 Å². The standard InChI is InChI=1S/C26H17F2NO5S/c1-33-16-10-11-17-19(12-16)29(13-14-6-8-15(27)9-7-14)25(31)21-22(30)24(26(32)34-23(17)21)35-20-5-3-2-4-18(20)28/h2-12,30H,13H2,1H3. The summed E-state index contributed by atoms with van der Waals surface area (Å²) in [5.74, 6) is -1.14. The third-order valence-corrected chi connectivity index (χ3v) is 6.68. The Bertz CT molecular complexity index is 1710. The Balaban J connectivity index is 1.81. The molecule has 0 atom stereocenters. The summed E-state index contributed by atoms with van der Waals surface area (Å²) in [4.78, 5) is 26.3. The Morgan fingerprint density at radius 2 is 1.77 bits per heavy atom. The summed E-state index contributed by atoms with van der Waals surface area (Å²) in [5.41, 5.74) is -0.612. The molecule has 0 aliphatic heterocycles. The number of hydrogen-bond acceptors (Lipinski definition) is 6. The fraction of sp³-hybridized carbons (Fsp3) is 0.0769. The maximum atomic E-state index is 14.2. The Labute approximate surface area is 201 Å². The van der Waals surface area contributed by atoms with Crippen LogP contribution >= 0.6 is 11.8 Å². The number of fused-ring (bicyclic) bond motifs is 3. The lowest BCUT2D eigenvalue weighted by Crippen LogP contribution is -2.23. The molecule has 0 saturated heterocycles. The molecule has 2 heterocycles. The Hall–Kier alpha value is -4.11. The van der Waals surface area contributed by atoms with Crippen molar-refractivity contribution in [3.63, 3.8) is 0 Å². The van der Waals surface area contributed by atoms with Gasteiger partial charge < -0.3 is 18.8 Å². The molecule has 0 unspecified atom stereocenters. The van der Waals surface area contributed by atoms with Gasteiger partial charge in [-0.05, 0) is 42.0 Å². The van der Waals surface area contributed by atoms with Gasteiger partial charge in [-0.25, -0.2) is 13.6 Å². The summed E-state index contributed by atoms with van der Waals surface area (Å²) in [6.45, 7) is 0.0487. The van der Waals surface area contributed by atoms with Crippen LogP contribution in [0.3, 0.4) is 0 Å². The van der Waals surface area contributed by atoms with E-state index in [0.717, 1.165) is 0 Å². The lowest BCUT2D eigenvalue weighted by atomic mass is 10.1. The summed E-state index contributed by atoms with van der Waals surface area (Å²) in [5, 5.41) is 11.2. The van der Waals surface area contributed by atoms with E-state index in [1.807, 2.05) is 0 Å². The van der Waals surface area contributed by atoms with Crippen LogP contribution in [0, 0.1) is 11.6 Å². The van der Waals surface area contributed by atoms with Gasteiger partial charge in [0.05, 0.1) is 19.2 Å². The Kier molecular flexibility index (Phi) is 5.78. The minimum absolute atomic E-state index is 0.0487. The van der Waals surface area contributed by atoms with Crippen molar-refractivity contribution in [2.24, 2.45) is 0 Å². The van der Waals surface area contributed by atoms with Crippen molar-refractivity contribution in [2.45, 2.75) is 16.3 Å². The molecule has 5 aromatic rings. The molecule has 0 aliphatic rings. The number of ether oxygens (including phenoxy) is 1. The average molecular weight is 493 g/mol. The largest absolute Gasteiger partial charge is 0.505 e. The van der Waals surface area contributed by atoms with Gasteiger partial charge >= 0.3 is 5.63 Å². The number of pyridine rings is 1. The molecule has 5 rings (SSSR count). The van der Waals surface area contributed by atoms with Crippen LogP contribution in [0.5, 0.6) is 11.5 Å². The highest BCUT2D eigenvalue weighted by atomic mass is 32.2. The van der Waals surface area contributed by atoms with E-state index in [2.05, 4.69) is 0 Å². The summed E-state index contributed by atoms with van der Waals surface area (Å²) in [7, 11) is 1.47. The van der Waals surface area contributed by atoms with Gasteiger partial charge in [0.25, 0.3) is 5.56 Å². The molecule has 0 amide bonds. The number of aromatic nitrogens is 1. The minimum Gasteiger partial charge on any atom is -0.505 e. The van der Waals surface area contributed by atoms with Crippen molar-refractivity contribution < 1.29 is 23.0 Å². The first kappa shape index (κ1) is 22.7. The van der Waals surface area contributed by atoms with Crippen LogP contribution in [0.15, 0.2) is 90.5 Å². The Morgan fingerprint density at radius 3 is 2.49 bits per heavy atom. The lowest BCUT2D eigenvalue weighted by Gasteiger charge is -2.15. The molecule has 3 aromatic carbocycles. The molecule has 6 nitrogen and oxygen atoms in total. The SMILES string of the molecule is COc1ccc2c3oc(=O)c(Sc4ccccc4F)c(O)c3c(=O)n(Cc3ccc(F)cc3)c2c1. The van der Waals surface area contributed by atoms with Crippen molar-refractivity contribution in [3.05, 3.63) is 105 Å². The molecule has 176 valence electrons. The predicted octanol–water partition coefficient (Wildman–Crippen LogP) is 5.30. The van der Waals surface area contributed by atoms with E-state index in [1.165, 1.54) is 42.0 Å². The van der Waals surface area contributed by atoms with Crippen LogP contribution in [0.4, 0.5) is 8.78 Å². The quantitative estimate of drug-likeness (QED) is 0.335. The molecule has 0 aliphatic carbocycles. The van der Waals surface area contributed by atoms with E-state index in [4.69, 9.17) is 9.15 Å². The van der Waals surface area contributed by atoms with Crippen molar-refractivity contribution >= 4 is 33.6 Å². The topological polar surface area (TPSA) is 81.7 Å². The van der Waals surface area contributed by atoms with Crippen molar-refractivity contribution in [3.8, 4) is 11.5 Å². The van der Waals surface area contributed by atoms with Crippen molar-refractivity contribution in [1.29, 1.82) is 0 Å². The van der Waals surface area contributed by atoms with Crippen LogP contribution in [0.1, 0.15) is 5.56 Å². The van der Waals surface area contributed by atoms with Crippen LogP contribution in [0.2, 0.25) is 0 Å². The molecule has 0 saturated carbocycles. The highest BCUT2D eigenvalue weighted by Crippen LogP contribution is 2.38. The van der Waals surface area contributed by atoms with E-state index >= 15 is 0 Å². The van der Waals surface area contributed by atoms with Crippen LogP contribution in [-0.2, 0) is 6.54 Å². The normalized spacial score (nSPS) is 11.3. The smallest absolute Gasteiger partial charge is 0.354 e. The van der Waals surface area contributed by atoms with E-state index in [1.54, 1.807) is 36.4 Å². The number of nitrogens with zero attached hydrogens (tertiary/aromatic N) is 1. The number of aromatic hydroxyl groups is 1. The zero-order chi connectivity index (χ0) is 24.7. The van der Waals surface area contributed by atoms with E-state index in [9.17, 15) is 23.5 Å². The fourth-order valence-corrected chi connectivity index (χ4v) is 4.71. The number of methoxy groups -OCH3 is 1. The zero-order valence-electron chi connectivity index (χ0n) is 18.2. The highest BCUT2D eigenvalue weighted by Gasteiger charge is 2.23. The number of halogens is 2. The molecular weight excluding hydrogens is 476 g/mol. The van der Waals surface area contributed by atoms with E-state index < -0.39 is 28.6 Å². The first-order chi connectivity index (χ1) is 16.9. The van der Waals surface area contributed by atoms with Crippen molar-refractivity contribution in [2.75, 3.05) is 7.11 Å². The van der Waals surface area contributed by atoms with Gasteiger partial charge in [-0.1, -0.05) is 36.0 Å². The maximum Gasteiger partial charge on any atom is 0.354 e. The van der Waals surface area contributed by atoms with E-state index in [-0.39, 0.29) is 27.3 Å². The first-order valence-corrected chi connectivity index (χ1v) is 11.3. The summed E-state index contributed by atoms with van der Waals surface area (Å²) in [6.07, 6.45) is 0. The third-order valence-electron chi connectivity index (χ3n) is 5.56. The molecular formula is C26H17F2NO5S. The van der Waals surface area contributed by atoms with Gasteiger partial charge in [0.1, 0.15) is 27.7 Å². The highest BCUT2D eigenvalue weighted by molar-refractivity contribution is 7.99. The predicted molar refractivity (Wildman–Crippen MR) is 128 cm³/mol. The van der Waals surface area contributed by atoms with Crippen LogP contribution in [-0.4, -0.2) is 16.8 Å². The van der Waals surface area contributed by atoms with Crippen LogP contribution in [0.25, 0.3) is 21.9 Å². The molecule has 35 heavy (non-hydrogen) atoms. The molecule has 0 bridgehead atoms. The van der Waals surface area contributed by atoms with Gasteiger partial charge in [-0.15, -0.1) is 0 Å². The van der Waals surface area contributed by atoms with Gasteiger partial charge in [0.15, 0.2) is 11.3 Å². The number of rotatable bonds is 5. The number of hydrogen-bond donors (Lipinski definition) is 1. The summed E-state index contributed by atoms with van der Waals surface area (Å²) >= 11 is 0.673. The third kappa shape index (κ3) is 4.04. The Morgan fingerprint density at radius 1 is 1.03 bits per heavy atom. The second kappa shape index (κ2) is 8.92. The van der Waals surface area contributed by atoms with Gasteiger partial charge in [0, 0.05) is 16.3 Å². The summed E-state index contributed by atoms with van der Waals surface area (Å²) in [6, 6.07) is 16.3. The average Bonchev–Trinajstić information content (AvgIpc) is 2.85. The first-order valence-electron chi connectivity index (χ1n) is 10.4. The molecule has 1 N–H and O–H groups in total. The minimum atomic E-state index is -0.906. The maximum absolute atomic E-state index is 14.2.